The number of rotatable bonds is 2. The first kappa shape index (κ1) is 7.85. The molecule has 0 aliphatic carbocycles. The molecule has 0 atom stereocenters. The highest BCUT2D eigenvalue weighted by Crippen LogP contribution is 2.26. The lowest BCUT2D eigenvalue weighted by molar-refractivity contribution is 1.01. The van der Waals surface area contributed by atoms with Gasteiger partial charge in [-0.05, 0) is 0 Å². The topological polar surface area (TPSA) is 51.8 Å². The summed E-state index contributed by atoms with van der Waals surface area (Å²) in [5, 5.41) is 2.99. The smallest absolute Gasteiger partial charge is 0.135 e. The standard InChI is InChI=1S/C7H7N3S2/c8-1-5-3-11-7(10-5)6-2-9-4-12-6/h2-4H,1,8H2. The van der Waals surface area contributed by atoms with E-state index in [0.29, 0.717) is 6.54 Å². The van der Waals surface area contributed by atoms with Gasteiger partial charge in [-0.15, -0.1) is 22.7 Å². The maximum Gasteiger partial charge on any atom is 0.135 e. The average Bonchev–Trinajstić information content (AvgIpc) is 2.75. The Hall–Kier alpha value is -0.780. The molecule has 0 saturated heterocycles. The molecular formula is C7H7N3S2. The van der Waals surface area contributed by atoms with Crippen LogP contribution in [0.15, 0.2) is 17.1 Å². The maximum absolute atomic E-state index is 5.45. The molecule has 0 bridgehead atoms. The van der Waals surface area contributed by atoms with Crippen LogP contribution in [0.2, 0.25) is 0 Å². The minimum Gasteiger partial charge on any atom is -0.325 e. The molecule has 5 heteroatoms. The molecule has 0 fully saturated rings. The van der Waals surface area contributed by atoms with Crippen molar-refractivity contribution in [3.63, 3.8) is 0 Å². The van der Waals surface area contributed by atoms with Crippen molar-refractivity contribution in [2.45, 2.75) is 6.54 Å². The van der Waals surface area contributed by atoms with Crippen molar-refractivity contribution in [3.05, 3.63) is 22.8 Å². The molecule has 2 aromatic heterocycles. The molecule has 2 aromatic rings. The van der Waals surface area contributed by atoms with E-state index in [1.54, 1.807) is 28.2 Å². The lowest BCUT2D eigenvalue weighted by Gasteiger charge is -1.85. The summed E-state index contributed by atoms with van der Waals surface area (Å²) in [5.41, 5.74) is 8.20. The third-order valence-electron chi connectivity index (χ3n) is 1.40. The van der Waals surface area contributed by atoms with Gasteiger partial charge in [0.25, 0.3) is 0 Å². The van der Waals surface area contributed by atoms with Crippen LogP contribution in [0.4, 0.5) is 0 Å². The molecule has 0 aliphatic heterocycles. The van der Waals surface area contributed by atoms with Crippen LogP contribution in [0.3, 0.4) is 0 Å². The molecule has 0 aliphatic rings. The Kier molecular flexibility index (Phi) is 2.16. The van der Waals surface area contributed by atoms with Crippen LogP contribution >= 0.6 is 22.7 Å². The van der Waals surface area contributed by atoms with Gasteiger partial charge in [-0.3, -0.25) is 4.98 Å². The summed E-state index contributed by atoms with van der Waals surface area (Å²) in [6, 6.07) is 0. The van der Waals surface area contributed by atoms with Crippen molar-refractivity contribution in [1.82, 2.24) is 9.97 Å². The van der Waals surface area contributed by atoms with Crippen molar-refractivity contribution in [2.24, 2.45) is 5.73 Å². The molecule has 62 valence electrons. The molecule has 0 aromatic carbocycles. The summed E-state index contributed by atoms with van der Waals surface area (Å²) in [6.45, 7) is 0.509. The normalized spacial score (nSPS) is 10.4. The lowest BCUT2D eigenvalue weighted by atomic mass is 10.5. The minimum atomic E-state index is 0.509. The minimum absolute atomic E-state index is 0.509. The highest BCUT2D eigenvalue weighted by atomic mass is 32.1. The zero-order valence-electron chi connectivity index (χ0n) is 6.23. The Labute approximate surface area is 77.9 Å². The molecular weight excluding hydrogens is 190 g/mol. The van der Waals surface area contributed by atoms with E-state index in [9.17, 15) is 0 Å². The molecule has 12 heavy (non-hydrogen) atoms. The van der Waals surface area contributed by atoms with Gasteiger partial charge in [-0.2, -0.15) is 0 Å². The van der Waals surface area contributed by atoms with Crippen LogP contribution in [-0.4, -0.2) is 9.97 Å². The summed E-state index contributed by atoms with van der Waals surface area (Å²) >= 11 is 3.21. The largest absolute Gasteiger partial charge is 0.325 e. The van der Waals surface area contributed by atoms with Crippen LogP contribution < -0.4 is 5.73 Å². The summed E-state index contributed by atoms with van der Waals surface area (Å²) in [6.07, 6.45) is 1.82. The van der Waals surface area contributed by atoms with Gasteiger partial charge in [0.05, 0.1) is 16.1 Å². The van der Waals surface area contributed by atoms with E-state index < -0.39 is 0 Å². The summed E-state index contributed by atoms with van der Waals surface area (Å²) in [4.78, 5) is 9.43. The van der Waals surface area contributed by atoms with E-state index in [-0.39, 0.29) is 0 Å². The van der Waals surface area contributed by atoms with E-state index in [2.05, 4.69) is 9.97 Å². The maximum atomic E-state index is 5.45. The second-order valence-electron chi connectivity index (χ2n) is 2.21. The molecule has 0 unspecified atom stereocenters. The molecule has 2 rings (SSSR count). The first-order chi connectivity index (χ1) is 5.90. The highest BCUT2D eigenvalue weighted by molar-refractivity contribution is 7.19. The number of nitrogens with two attached hydrogens (primary N) is 1. The number of nitrogens with zero attached hydrogens (tertiary/aromatic N) is 2. The average molecular weight is 197 g/mol. The third kappa shape index (κ3) is 1.38. The van der Waals surface area contributed by atoms with Gasteiger partial charge in [-0.25, -0.2) is 4.98 Å². The van der Waals surface area contributed by atoms with Gasteiger partial charge in [0, 0.05) is 18.1 Å². The zero-order chi connectivity index (χ0) is 8.39. The Morgan fingerprint density at radius 3 is 2.92 bits per heavy atom. The van der Waals surface area contributed by atoms with Gasteiger partial charge in [0.15, 0.2) is 0 Å². The molecule has 2 N–H and O–H groups in total. The second kappa shape index (κ2) is 3.30. The Morgan fingerprint density at radius 2 is 2.33 bits per heavy atom. The fraction of sp³-hybridized carbons (Fsp3) is 0.143. The quantitative estimate of drug-likeness (QED) is 0.797. The molecule has 2 heterocycles. The van der Waals surface area contributed by atoms with E-state index in [0.717, 1.165) is 15.6 Å². The van der Waals surface area contributed by atoms with Crippen LogP contribution in [0.25, 0.3) is 9.88 Å². The van der Waals surface area contributed by atoms with E-state index in [1.165, 1.54) is 0 Å². The summed E-state index contributed by atoms with van der Waals surface area (Å²) in [7, 11) is 0. The van der Waals surface area contributed by atoms with Gasteiger partial charge in [0.1, 0.15) is 5.01 Å². The van der Waals surface area contributed by atoms with E-state index >= 15 is 0 Å². The molecule has 0 saturated carbocycles. The number of aromatic nitrogens is 2. The second-order valence-corrected chi connectivity index (χ2v) is 3.96. The number of thiazole rings is 2. The van der Waals surface area contributed by atoms with Crippen molar-refractivity contribution < 1.29 is 0 Å². The SMILES string of the molecule is NCc1csc(-c2cncs2)n1. The zero-order valence-corrected chi connectivity index (χ0v) is 7.86. The Morgan fingerprint density at radius 1 is 1.42 bits per heavy atom. The number of hydrogen-bond donors (Lipinski definition) is 1. The van der Waals surface area contributed by atoms with Crippen molar-refractivity contribution in [1.29, 1.82) is 0 Å². The third-order valence-corrected chi connectivity index (χ3v) is 3.24. The Bertz CT molecular complexity index is 352. The van der Waals surface area contributed by atoms with Crippen LogP contribution in [0, 0.1) is 0 Å². The van der Waals surface area contributed by atoms with Gasteiger partial charge < -0.3 is 5.73 Å². The highest BCUT2D eigenvalue weighted by Gasteiger charge is 2.03. The van der Waals surface area contributed by atoms with Gasteiger partial charge >= 0.3 is 0 Å². The van der Waals surface area contributed by atoms with E-state index in [1.807, 2.05) is 11.6 Å². The number of hydrogen-bond acceptors (Lipinski definition) is 5. The van der Waals surface area contributed by atoms with Crippen molar-refractivity contribution >= 4 is 22.7 Å². The Balaban J connectivity index is 2.35. The van der Waals surface area contributed by atoms with Gasteiger partial charge in [0.2, 0.25) is 0 Å². The monoisotopic (exact) mass is 197 g/mol. The first-order valence-corrected chi connectivity index (χ1v) is 5.19. The molecule has 3 nitrogen and oxygen atoms in total. The lowest BCUT2D eigenvalue weighted by Crippen LogP contribution is -1.95. The fourth-order valence-electron chi connectivity index (χ4n) is 0.835. The van der Waals surface area contributed by atoms with Gasteiger partial charge in [-0.1, -0.05) is 0 Å². The predicted octanol–water partition coefficient (Wildman–Crippen LogP) is 1.73. The molecule has 0 spiro atoms. The van der Waals surface area contributed by atoms with Crippen LogP contribution in [0.5, 0.6) is 0 Å². The summed E-state index contributed by atoms with van der Waals surface area (Å²) in [5.74, 6) is 0. The van der Waals surface area contributed by atoms with E-state index in [4.69, 9.17) is 5.73 Å². The fourth-order valence-corrected chi connectivity index (χ4v) is 2.36. The van der Waals surface area contributed by atoms with Crippen LogP contribution in [-0.2, 0) is 6.54 Å². The molecule has 0 amide bonds. The van der Waals surface area contributed by atoms with Crippen LogP contribution in [0.1, 0.15) is 5.69 Å². The first-order valence-electron chi connectivity index (χ1n) is 3.43. The summed E-state index contributed by atoms with van der Waals surface area (Å²) < 4.78 is 0. The van der Waals surface area contributed by atoms with Crippen molar-refractivity contribution in [3.8, 4) is 9.88 Å². The predicted molar refractivity (Wildman–Crippen MR) is 51.1 cm³/mol. The van der Waals surface area contributed by atoms with Crippen molar-refractivity contribution in [2.75, 3.05) is 0 Å². The molecule has 0 radical (unpaired) electrons.